The minimum Gasteiger partial charge on any atom is -0.485 e. The van der Waals surface area contributed by atoms with Gasteiger partial charge in [0.1, 0.15) is 6.61 Å². The number of hydrogen-bond acceptors (Lipinski definition) is 4. The molecule has 7 nitrogen and oxygen atoms in total. The Hall–Kier alpha value is -2.40. The van der Waals surface area contributed by atoms with Crippen LogP contribution in [-0.2, 0) is 4.79 Å². The Balaban J connectivity index is 1.88. The maximum Gasteiger partial charge on any atom is 0.264 e. The van der Waals surface area contributed by atoms with Crippen LogP contribution in [-0.4, -0.2) is 31.7 Å². The van der Waals surface area contributed by atoms with E-state index in [-0.39, 0.29) is 25.6 Å². The van der Waals surface area contributed by atoms with Gasteiger partial charge in [-0.05, 0) is 17.7 Å². The Labute approximate surface area is 103 Å². The van der Waals surface area contributed by atoms with Crippen molar-refractivity contribution in [1.82, 2.24) is 5.32 Å². The molecule has 1 unspecified atom stereocenters. The lowest BCUT2D eigenvalue weighted by molar-refractivity contribution is -0.130. The largest absolute Gasteiger partial charge is 0.485 e. The van der Waals surface area contributed by atoms with Crippen LogP contribution >= 0.6 is 0 Å². The Bertz CT molecular complexity index is 485. The van der Waals surface area contributed by atoms with E-state index in [4.69, 9.17) is 15.0 Å². The summed E-state index contributed by atoms with van der Waals surface area (Å²) in [6.07, 6.45) is -0.675. The third-order valence-corrected chi connectivity index (χ3v) is 2.38. The summed E-state index contributed by atoms with van der Waals surface area (Å²) in [5.74, 6) is 0.909. The summed E-state index contributed by atoms with van der Waals surface area (Å²) >= 11 is 0. The monoisotopic (exact) mass is 248 g/mol. The number of rotatable bonds is 4. The fraction of sp³-hybridized carbons (Fsp3) is 0.364. The lowest BCUT2D eigenvalue weighted by Crippen LogP contribution is -2.44. The third kappa shape index (κ3) is 2.83. The van der Waals surface area contributed by atoms with E-state index < -0.39 is 6.10 Å². The minimum absolute atomic E-state index is 0.171. The predicted molar refractivity (Wildman–Crippen MR) is 63.4 cm³/mol. The molecule has 0 saturated heterocycles. The van der Waals surface area contributed by atoms with Gasteiger partial charge in [-0.1, -0.05) is 17.2 Å². The van der Waals surface area contributed by atoms with Crippen LogP contribution in [0, 0.1) is 0 Å². The first-order valence-corrected chi connectivity index (χ1v) is 5.48. The number of amides is 1. The molecule has 0 aliphatic carbocycles. The van der Waals surface area contributed by atoms with Gasteiger partial charge in [-0.25, -0.2) is 0 Å². The molecule has 0 bridgehead atoms. The summed E-state index contributed by atoms with van der Waals surface area (Å²) in [6.45, 7) is 0.668. The van der Waals surface area contributed by atoms with Gasteiger partial charge in [0, 0.05) is 18.0 Å². The first kappa shape index (κ1) is 12.1. The zero-order valence-electron chi connectivity index (χ0n) is 9.57. The van der Waals surface area contributed by atoms with Crippen molar-refractivity contribution in [2.45, 2.75) is 6.10 Å². The number of ether oxygens (including phenoxy) is 2. The molecule has 1 heterocycles. The van der Waals surface area contributed by atoms with Crippen molar-refractivity contribution in [3.8, 4) is 11.5 Å². The maximum absolute atomic E-state index is 11.7. The number of para-hydroxylation sites is 2. The van der Waals surface area contributed by atoms with Crippen molar-refractivity contribution in [3.63, 3.8) is 0 Å². The van der Waals surface area contributed by atoms with E-state index >= 15 is 0 Å². The van der Waals surface area contributed by atoms with Crippen LogP contribution in [0.5, 0.6) is 11.5 Å². The van der Waals surface area contributed by atoms with Gasteiger partial charge in [-0.2, -0.15) is 0 Å². The molecule has 94 valence electrons. The van der Waals surface area contributed by atoms with Crippen molar-refractivity contribution >= 4 is 5.91 Å². The maximum atomic E-state index is 11.7. The van der Waals surface area contributed by atoms with E-state index in [1.807, 2.05) is 12.1 Å². The molecule has 0 fully saturated rings. The number of carbonyl (C=O) groups is 1. The second-order valence-corrected chi connectivity index (χ2v) is 3.61. The minimum atomic E-state index is -0.675. The number of benzene rings is 1. The SMILES string of the molecule is [N-]=[N+]=NCCNC(=O)C1COc2ccccc2O1. The van der Waals surface area contributed by atoms with E-state index in [9.17, 15) is 4.79 Å². The van der Waals surface area contributed by atoms with Gasteiger partial charge in [0.2, 0.25) is 6.10 Å². The zero-order valence-corrected chi connectivity index (χ0v) is 9.57. The van der Waals surface area contributed by atoms with Gasteiger partial charge in [0.25, 0.3) is 5.91 Å². The second kappa shape index (κ2) is 5.79. The number of azide groups is 1. The highest BCUT2D eigenvalue weighted by molar-refractivity contribution is 5.81. The van der Waals surface area contributed by atoms with Crippen molar-refractivity contribution in [2.24, 2.45) is 5.11 Å². The molecule has 0 spiro atoms. The highest BCUT2D eigenvalue weighted by Crippen LogP contribution is 2.30. The van der Waals surface area contributed by atoms with E-state index in [0.29, 0.717) is 11.5 Å². The van der Waals surface area contributed by atoms with Crippen LogP contribution in [0.3, 0.4) is 0 Å². The summed E-state index contributed by atoms with van der Waals surface area (Å²) in [4.78, 5) is 14.3. The molecule has 1 amide bonds. The van der Waals surface area contributed by atoms with Crippen LogP contribution in [0.15, 0.2) is 29.4 Å². The fourth-order valence-corrected chi connectivity index (χ4v) is 1.54. The zero-order chi connectivity index (χ0) is 12.8. The molecule has 1 atom stereocenters. The predicted octanol–water partition coefficient (Wildman–Crippen LogP) is 1.25. The van der Waals surface area contributed by atoms with Gasteiger partial charge in [-0.15, -0.1) is 0 Å². The number of hydrogen-bond donors (Lipinski definition) is 1. The fourth-order valence-electron chi connectivity index (χ4n) is 1.54. The van der Waals surface area contributed by atoms with Crippen LogP contribution in [0.4, 0.5) is 0 Å². The molecule has 1 aliphatic heterocycles. The van der Waals surface area contributed by atoms with Crippen molar-refractivity contribution in [1.29, 1.82) is 0 Å². The topological polar surface area (TPSA) is 96.3 Å². The van der Waals surface area contributed by atoms with Crippen LogP contribution < -0.4 is 14.8 Å². The van der Waals surface area contributed by atoms with Crippen LogP contribution in [0.1, 0.15) is 0 Å². The number of nitrogens with zero attached hydrogens (tertiary/aromatic N) is 3. The lowest BCUT2D eigenvalue weighted by Gasteiger charge is -2.25. The lowest BCUT2D eigenvalue weighted by atomic mass is 10.2. The van der Waals surface area contributed by atoms with E-state index in [1.54, 1.807) is 12.1 Å². The normalized spacial score (nSPS) is 16.6. The highest BCUT2D eigenvalue weighted by atomic mass is 16.6. The summed E-state index contributed by atoms with van der Waals surface area (Å²) in [6, 6.07) is 7.17. The molecule has 1 aliphatic rings. The molecule has 1 aromatic carbocycles. The summed E-state index contributed by atoms with van der Waals surface area (Å²) in [5, 5.41) is 5.93. The number of fused-ring (bicyclic) bond motifs is 1. The van der Waals surface area contributed by atoms with Gasteiger partial charge < -0.3 is 14.8 Å². The standard InChI is InChI=1S/C11H12N4O3/c12-15-14-6-5-13-11(16)10-7-17-8-3-1-2-4-9(8)18-10/h1-4,10H,5-7H2,(H,13,16). The molecule has 0 saturated carbocycles. The van der Waals surface area contributed by atoms with E-state index in [1.165, 1.54) is 0 Å². The molecule has 0 radical (unpaired) electrons. The summed E-state index contributed by atoms with van der Waals surface area (Å²) < 4.78 is 10.9. The van der Waals surface area contributed by atoms with Crippen LogP contribution in [0.2, 0.25) is 0 Å². The summed E-state index contributed by atoms with van der Waals surface area (Å²) in [5.41, 5.74) is 8.09. The Kier molecular flexibility index (Phi) is 3.88. The van der Waals surface area contributed by atoms with E-state index in [2.05, 4.69) is 15.3 Å². The average molecular weight is 248 g/mol. The van der Waals surface area contributed by atoms with Gasteiger partial charge in [-0.3, -0.25) is 4.79 Å². The first-order valence-electron chi connectivity index (χ1n) is 5.48. The Morgan fingerprint density at radius 1 is 1.50 bits per heavy atom. The molecule has 7 heteroatoms. The van der Waals surface area contributed by atoms with Crippen molar-refractivity contribution in [2.75, 3.05) is 19.7 Å². The molecule has 1 N–H and O–H groups in total. The molecule has 2 rings (SSSR count). The average Bonchev–Trinajstić information content (AvgIpc) is 2.43. The van der Waals surface area contributed by atoms with Crippen molar-refractivity contribution in [3.05, 3.63) is 34.7 Å². The molecule has 0 aromatic heterocycles. The molecule has 18 heavy (non-hydrogen) atoms. The highest BCUT2D eigenvalue weighted by Gasteiger charge is 2.26. The van der Waals surface area contributed by atoms with Gasteiger partial charge >= 0.3 is 0 Å². The quantitative estimate of drug-likeness (QED) is 0.376. The molecular weight excluding hydrogens is 236 g/mol. The number of nitrogens with one attached hydrogen (secondary N) is 1. The second-order valence-electron chi connectivity index (χ2n) is 3.61. The Morgan fingerprint density at radius 2 is 2.28 bits per heavy atom. The number of carbonyl (C=O) groups excluding carboxylic acids is 1. The van der Waals surface area contributed by atoms with Gasteiger partial charge in [0.15, 0.2) is 11.5 Å². The molecular formula is C11H12N4O3. The first-order chi connectivity index (χ1) is 8.81. The van der Waals surface area contributed by atoms with Crippen molar-refractivity contribution < 1.29 is 14.3 Å². The van der Waals surface area contributed by atoms with Gasteiger partial charge in [0.05, 0.1) is 0 Å². The smallest absolute Gasteiger partial charge is 0.264 e. The van der Waals surface area contributed by atoms with E-state index in [0.717, 1.165) is 0 Å². The molecule has 1 aromatic rings. The Morgan fingerprint density at radius 3 is 3.06 bits per heavy atom. The third-order valence-electron chi connectivity index (χ3n) is 2.38. The summed E-state index contributed by atoms with van der Waals surface area (Å²) in [7, 11) is 0. The van der Waals surface area contributed by atoms with Crippen LogP contribution in [0.25, 0.3) is 10.4 Å².